The van der Waals surface area contributed by atoms with E-state index < -0.39 is 0 Å². The third kappa shape index (κ3) is 10.8. The molecule has 0 saturated heterocycles. The maximum absolute atomic E-state index is 6.80. The molecule has 0 atom stereocenters. The van der Waals surface area contributed by atoms with Gasteiger partial charge in [-0.15, -0.1) is 0 Å². The van der Waals surface area contributed by atoms with Crippen molar-refractivity contribution in [1.29, 1.82) is 0 Å². The molecule has 0 aliphatic rings. The molecular weight excluding hydrogens is 1490 g/mol. The van der Waals surface area contributed by atoms with E-state index in [1.807, 2.05) is 12.1 Å². The second kappa shape index (κ2) is 27.5. The molecule has 0 radical (unpaired) electrons. The summed E-state index contributed by atoms with van der Waals surface area (Å²) >= 11 is 0. The van der Waals surface area contributed by atoms with Crippen molar-refractivity contribution in [3.8, 4) is 90.3 Å². The molecule has 0 aliphatic carbocycles. The SMILES string of the molecule is c1ccc(-c2ccc(-c3nc(-n4c5ccc6c7ccccc7oc6c5c5ccc6c(c7ccccc7n6-c6ccc(-c7ccccc7)cc6)c54)nc4ccccc34)cc2)cc1.c1ccc(-c2ccc(-c3nc(-n4c5ccccc5c5c4ccc4c6c7oc8ccccc8c7ccc6n(-c6ccc(-c7ccccc7)cc6)c45)nc4ccccc34)cc2)cc1. The molecule has 26 aromatic rings. The number of aromatic nitrogens is 8. The van der Waals surface area contributed by atoms with Crippen molar-refractivity contribution in [3.05, 3.63) is 413 Å². The van der Waals surface area contributed by atoms with Gasteiger partial charge in [0.15, 0.2) is 0 Å². The molecule has 122 heavy (non-hydrogen) atoms. The Balaban J connectivity index is 0.000000134. The van der Waals surface area contributed by atoms with Crippen molar-refractivity contribution in [2.45, 2.75) is 0 Å². The van der Waals surface area contributed by atoms with Crippen LogP contribution in [0.3, 0.4) is 0 Å². The predicted octanol–water partition coefficient (Wildman–Crippen LogP) is 29.4. The Morgan fingerprint density at radius 3 is 0.902 bits per heavy atom. The van der Waals surface area contributed by atoms with Crippen LogP contribution in [0.1, 0.15) is 0 Å². The first-order valence-electron chi connectivity index (χ1n) is 41.3. The van der Waals surface area contributed by atoms with Crippen molar-refractivity contribution in [3.63, 3.8) is 0 Å². The predicted molar refractivity (Wildman–Crippen MR) is 504 cm³/mol. The number of furan rings is 2. The highest BCUT2D eigenvalue weighted by molar-refractivity contribution is 6.33. The summed E-state index contributed by atoms with van der Waals surface area (Å²) in [6.07, 6.45) is 0. The van der Waals surface area contributed by atoms with E-state index in [0.717, 1.165) is 192 Å². The van der Waals surface area contributed by atoms with Gasteiger partial charge >= 0.3 is 0 Å². The minimum atomic E-state index is 0.604. The third-order valence-corrected chi connectivity index (χ3v) is 24.7. The van der Waals surface area contributed by atoms with Crippen LogP contribution >= 0.6 is 0 Å². The molecule has 18 aromatic carbocycles. The van der Waals surface area contributed by atoms with Crippen LogP contribution in [-0.4, -0.2) is 38.2 Å². The number of fused-ring (bicyclic) bond motifs is 24. The van der Waals surface area contributed by atoms with E-state index in [9.17, 15) is 0 Å². The summed E-state index contributed by atoms with van der Waals surface area (Å²) in [6, 6.07) is 146. The van der Waals surface area contributed by atoms with Crippen molar-refractivity contribution in [1.82, 2.24) is 38.2 Å². The summed E-state index contributed by atoms with van der Waals surface area (Å²) in [6.45, 7) is 0. The summed E-state index contributed by atoms with van der Waals surface area (Å²) < 4.78 is 22.9. The first-order chi connectivity index (χ1) is 60.5. The van der Waals surface area contributed by atoms with Gasteiger partial charge in [-0.25, -0.2) is 19.9 Å². The maximum atomic E-state index is 6.80. The van der Waals surface area contributed by atoms with E-state index in [0.29, 0.717) is 11.9 Å². The first-order valence-corrected chi connectivity index (χ1v) is 41.3. The smallest absolute Gasteiger partial charge is 0.235 e. The van der Waals surface area contributed by atoms with Crippen molar-refractivity contribution >= 4 is 153 Å². The Bertz CT molecular complexity index is 8710. The van der Waals surface area contributed by atoms with E-state index in [4.69, 9.17) is 28.8 Å². The molecule has 0 N–H and O–H groups in total. The lowest BCUT2D eigenvalue weighted by Crippen LogP contribution is -2.03. The highest BCUT2D eigenvalue weighted by atomic mass is 16.3. The van der Waals surface area contributed by atoms with Gasteiger partial charge < -0.3 is 18.0 Å². The third-order valence-electron chi connectivity index (χ3n) is 24.7. The Hall–Kier alpha value is -16.6. The fourth-order valence-electron chi connectivity index (χ4n) is 19.2. The van der Waals surface area contributed by atoms with Crippen LogP contribution in [-0.2, 0) is 0 Å². The maximum Gasteiger partial charge on any atom is 0.235 e. The molecule has 0 spiro atoms. The van der Waals surface area contributed by atoms with Gasteiger partial charge in [-0.3, -0.25) is 9.13 Å². The van der Waals surface area contributed by atoms with Crippen LogP contribution in [0.25, 0.3) is 243 Å². The lowest BCUT2D eigenvalue weighted by molar-refractivity contribution is 0.672. The molecule has 0 aliphatic heterocycles. The van der Waals surface area contributed by atoms with Crippen LogP contribution in [0, 0.1) is 0 Å². The molecule has 0 fully saturated rings. The number of benzene rings is 18. The first kappa shape index (κ1) is 68.6. The Labute approximate surface area is 698 Å². The van der Waals surface area contributed by atoms with Crippen LogP contribution in [0.15, 0.2) is 421 Å². The molecule has 8 aromatic heterocycles. The Kier molecular flexibility index (Phi) is 15.5. The molecule has 10 heteroatoms. The monoisotopic (exact) mass is 1560 g/mol. The van der Waals surface area contributed by atoms with Crippen LogP contribution < -0.4 is 0 Å². The molecule has 8 heterocycles. The van der Waals surface area contributed by atoms with Crippen molar-refractivity contribution < 1.29 is 8.83 Å². The van der Waals surface area contributed by atoms with Gasteiger partial charge in [0.2, 0.25) is 11.9 Å². The zero-order valence-corrected chi connectivity index (χ0v) is 65.7. The molecule has 0 saturated carbocycles. The van der Waals surface area contributed by atoms with E-state index in [1.54, 1.807) is 0 Å². The summed E-state index contributed by atoms with van der Waals surface area (Å²) in [5, 5.41) is 15.3. The second-order valence-electron chi connectivity index (χ2n) is 31.4. The standard InChI is InChI=1S/2C56H34N4O/c1-3-13-35(14-4-1)37-23-25-39(26-24-37)53-43-18-7-10-20-46(43)57-56(58-53)60-47-21-11-8-19-44(47)51-48(60)34-32-45-52-49(33-31-42-41-17-9-12-22-50(41)61-55(42)52)59(54(45)51)40-29-27-38(28-30-40)36-15-5-2-6-16-36;1-3-13-35(14-4-1)37-23-25-39(26-24-37)53-43-18-7-10-20-46(43)57-56(58-53)60-49-33-31-42-41-17-9-12-22-50(41)61-55(42)52(49)45-32-34-48-51(54(45)60)44-19-8-11-21-47(44)59(48)40-29-27-38(28-30-40)36-15-5-2-6-16-36/h2*1-34H. The van der Waals surface area contributed by atoms with E-state index in [1.165, 1.54) is 38.9 Å². The molecule has 26 rings (SSSR count). The van der Waals surface area contributed by atoms with Crippen LogP contribution in [0.4, 0.5) is 0 Å². The van der Waals surface area contributed by atoms with Gasteiger partial charge in [-0.2, -0.15) is 0 Å². The Morgan fingerprint density at radius 2 is 0.467 bits per heavy atom. The fourth-order valence-corrected chi connectivity index (χ4v) is 19.2. The van der Waals surface area contributed by atoms with Gasteiger partial charge in [-0.1, -0.05) is 303 Å². The molecule has 0 bridgehead atoms. The quantitative estimate of drug-likeness (QED) is 0.135. The summed E-state index contributed by atoms with van der Waals surface area (Å²) in [4.78, 5) is 21.7. The molecule has 568 valence electrons. The van der Waals surface area contributed by atoms with Crippen LogP contribution in [0.5, 0.6) is 0 Å². The van der Waals surface area contributed by atoms with Gasteiger partial charge in [-0.05, 0) is 154 Å². The van der Waals surface area contributed by atoms with Crippen LogP contribution in [0.2, 0.25) is 0 Å². The second-order valence-corrected chi connectivity index (χ2v) is 31.4. The topological polar surface area (TPSA) is 97.6 Å². The zero-order valence-electron chi connectivity index (χ0n) is 65.7. The van der Waals surface area contributed by atoms with Crippen molar-refractivity contribution in [2.75, 3.05) is 0 Å². The molecule has 0 amide bonds. The average Bonchev–Trinajstić information content (AvgIpc) is 1.54. The Morgan fingerprint density at radius 1 is 0.172 bits per heavy atom. The van der Waals surface area contributed by atoms with Gasteiger partial charge in [0.1, 0.15) is 22.3 Å². The highest BCUT2D eigenvalue weighted by Gasteiger charge is 2.29. The number of hydrogen-bond donors (Lipinski definition) is 0. The number of nitrogens with zero attached hydrogens (tertiary/aromatic N) is 8. The number of rotatable bonds is 10. The lowest BCUT2D eigenvalue weighted by Gasteiger charge is -2.13. The largest absolute Gasteiger partial charge is 0.455 e. The molecular formula is C112H68N8O2. The van der Waals surface area contributed by atoms with Crippen molar-refractivity contribution in [2.24, 2.45) is 0 Å². The summed E-state index contributed by atoms with van der Waals surface area (Å²) in [5.74, 6) is 1.23. The number of para-hydroxylation sites is 6. The summed E-state index contributed by atoms with van der Waals surface area (Å²) in [5.41, 5.74) is 29.2. The normalized spacial score (nSPS) is 11.9. The molecule has 10 nitrogen and oxygen atoms in total. The minimum Gasteiger partial charge on any atom is -0.455 e. The average molecular weight is 1560 g/mol. The molecule has 0 unspecified atom stereocenters. The van der Waals surface area contributed by atoms with E-state index >= 15 is 0 Å². The minimum absolute atomic E-state index is 0.604. The van der Waals surface area contributed by atoms with E-state index in [-0.39, 0.29) is 0 Å². The van der Waals surface area contributed by atoms with Gasteiger partial charge in [0.05, 0.1) is 77.3 Å². The number of hydrogen-bond acceptors (Lipinski definition) is 6. The fraction of sp³-hybridized carbons (Fsp3) is 0. The van der Waals surface area contributed by atoms with Gasteiger partial charge in [0.25, 0.3) is 0 Å². The van der Waals surface area contributed by atoms with Gasteiger partial charge in [0, 0.05) is 87.1 Å². The lowest BCUT2D eigenvalue weighted by atomic mass is 10.0. The summed E-state index contributed by atoms with van der Waals surface area (Å²) in [7, 11) is 0. The van der Waals surface area contributed by atoms with E-state index in [2.05, 4.69) is 419 Å². The highest BCUT2D eigenvalue weighted by Crippen LogP contribution is 2.49. The zero-order chi connectivity index (χ0) is 80.0.